The highest BCUT2D eigenvalue weighted by molar-refractivity contribution is 6.42. The summed E-state index contributed by atoms with van der Waals surface area (Å²) in [6.07, 6.45) is 0. The smallest absolute Gasteiger partial charge is 0.0624 e. The van der Waals surface area contributed by atoms with Crippen LogP contribution in [0.4, 0.5) is 0 Å². The van der Waals surface area contributed by atoms with Crippen LogP contribution in [0.3, 0.4) is 0 Å². The first kappa shape index (κ1) is 13.0. The molecule has 1 atom stereocenters. The molecule has 1 rings (SSSR count). The average molecular weight is 243 g/mol. The van der Waals surface area contributed by atoms with Gasteiger partial charge >= 0.3 is 0 Å². The maximum atomic E-state index is 8.75. The molecule has 0 spiro atoms. The first-order valence-electron chi connectivity index (χ1n) is 3.46. The maximum Gasteiger partial charge on any atom is 0.0624 e. The Hall–Kier alpha value is 0.01000. The second kappa shape index (κ2) is 5.68. The molecule has 0 amide bonds. The lowest BCUT2D eigenvalue weighted by molar-refractivity contribution is 0.268. The summed E-state index contributed by atoms with van der Waals surface area (Å²) in [7, 11) is 0. The summed E-state index contributed by atoms with van der Waals surface area (Å²) in [5, 5.41) is 9.70. The van der Waals surface area contributed by atoms with Crippen molar-refractivity contribution in [3.63, 3.8) is 0 Å². The lowest BCUT2D eigenvalue weighted by atomic mass is 10.1. The van der Waals surface area contributed by atoms with Crippen molar-refractivity contribution >= 4 is 35.6 Å². The Morgan fingerprint density at radius 3 is 2.38 bits per heavy atom. The van der Waals surface area contributed by atoms with E-state index < -0.39 is 0 Å². The predicted molar refractivity (Wildman–Crippen MR) is 57.7 cm³/mol. The van der Waals surface area contributed by atoms with Crippen molar-refractivity contribution in [2.75, 3.05) is 6.61 Å². The third-order valence-corrected chi connectivity index (χ3v) is 2.31. The number of aliphatic hydroxyl groups is 1. The number of hydrogen-bond donors (Lipinski definition) is 2. The standard InChI is InChI=1S/C8H9Cl2NO.ClH/c9-6-2-1-5(3-7(6)10)8(11)4-12;/h1-3,8,12H,4,11H2;1H. The predicted octanol–water partition coefficient (Wildman–Crippen LogP) is 2.41. The van der Waals surface area contributed by atoms with Crippen molar-refractivity contribution in [3.8, 4) is 0 Å². The van der Waals surface area contributed by atoms with Crippen molar-refractivity contribution in [3.05, 3.63) is 33.8 Å². The normalized spacial score (nSPS) is 12.0. The summed E-state index contributed by atoms with van der Waals surface area (Å²) < 4.78 is 0. The van der Waals surface area contributed by atoms with Crippen LogP contribution in [0.5, 0.6) is 0 Å². The SMILES string of the molecule is Cl.NC(CO)c1ccc(Cl)c(Cl)c1. The van der Waals surface area contributed by atoms with E-state index in [0.29, 0.717) is 10.0 Å². The Morgan fingerprint density at radius 1 is 1.31 bits per heavy atom. The van der Waals surface area contributed by atoms with Crippen LogP contribution >= 0.6 is 35.6 Å². The van der Waals surface area contributed by atoms with Crippen LogP contribution in [0.15, 0.2) is 18.2 Å². The Labute approximate surface area is 93.1 Å². The third kappa shape index (κ3) is 3.33. The zero-order chi connectivity index (χ0) is 9.14. The van der Waals surface area contributed by atoms with Gasteiger partial charge < -0.3 is 10.8 Å². The molecule has 0 bridgehead atoms. The van der Waals surface area contributed by atoms with Gasteiger partial charge in [0.1, 0.15) is 0 Å². The first-order valence-corrected chi connectivity index (χ1v) is 4.22. The molecule has 13 heavy (non-hydrogen) atoms. The Bertz CT molecular complexity index is 280. The molecule has 0 saturated heterocycles. The van der Waals surface area contributed by atoms with Crippen molar-refractivity contribution < 1.29 is 5.11 Å². The summed E-state index contributed by atoms with van der Waals surface area (Å²) in [6, 6.07) is 4.68. The summed E-state index contributed by atoms with van der Waals surface area (Å²) >= 11 is 11.4. The highest BCUT2D eigenvalue weighted by Gasteiger charge is 2.05. The fourth-order valence-corrected chi connectivity index (χ4v) is 1.15. The van der Waals surface area contributed by atoms with E-state index in [2.05, 4.69) is 0 Å². The maximum absolute atomic E-state index is 8.75. The Balaban J connectivity index is 0.00000144. The van der Waals surface area contributed by atoms with Gasteiger partial charge in [0.2, 0.25) is 0 Å². The number of nitrogens with two attached hydrogens (primary N) is 1. The molecule has 1 unspecified atom stereocenters. The quantitative estimate of drug-likeness (QED) is 0.837. The molecule has 0 aromatic heterocycles. The molecular formula is C8H10Cl3NO. The molecule has 0 aliphatic heterocycles. The van der Waals surface area contributed by atoms with E-state index in [-0.39, 0.29) is 25.1 Å². The molecule has 5 heteroatoms. The summed E-state index contributed by atoms with van der Waals surface area (Å²) in [6.45, 7) is -0.0992. The minimum Gasteiger partial charge on any atom is -0.394 e. The number of hydrogen-bond acceptors (Lipinski definition) is 2. The second-order valence-corrected chi connectivity index (χ2v) is 3.28. The summed E-state index contributed by atoms with van der Waals surface area (Å²) in [5.41, 5.74) is 6.35. The van der Waals surface area contributed by atoms with Gasteiger partial charge in [0.25, 0.3) is 0 Å². The van der Waals surface area contributed by atoms with Gasteiger partial charge in [0, 0.05) is 0 Å². The van der Waals surface area contributed by atoms with E-state index >= 15 is 0 Å². The average Bonchev–Trinajstić information content (AvgIpc) is 2.08. The lowest BCUT2D eigenvalue weighted by Gasteiger charge is -2.08. The van der Waals surface area contributed by atoms with Gasteiger partial charge in [0.15, 0.2) is 0 Å². The van der Waals surface area contributed by atoms with Crippen molar-refractivity contribution in [1.82, 2.24) is 0 Å². The van der Waals surface area contributed by atoms with E-state index in [1.54, 1.807) is 18.2 Å². The van der Waals surface area contributed by atoms with E-state index in [4.69, 9.17) is 34.0 Å². The van der Waals surface area contributed by atoms with Gasteiger partial charge in [-0.3, -0.25) is 0 Å². The van der Waals surface area contributed by atoms with Gasteiger partial charge in [-0.05, 0) is 17.7 Å². The zero-order valence-corrected chi connectivity index (χ0v) is 9.03. The molecule has 74 valence electrons. The van der Waals surface area contributed by atoms with Crippen LogP contribution in [0.2, 0.25) is 10.0 Å². The van der Waals surface area contributed by atoms with Crippen LogP contribution in [0, 0.1) is 0 Å². The van der Waals surface area contributed by atoms with Gasteiger partial charge in [-0.25, -0.2) is 0 Å². The number of benzene rings is 1. The molecule has 1 aromatic carbocycles. The van der Waals surface area contributed by atoms with Gasteiger partial charge in [0.05, 0.1) is 22.7 Å². The summed E-state index contributed by atoms with van der Waals surface area (Å²) in [5.74, 6) is 0. The molecule has 3 N–H and O–H groups in total. The highest BCUT2D eigenvalue weighted by atomic mass is 35.5. The van der Waals surface area contributed by atoms with Crippen LogP contribution < -0.4 is 5.73 Å². The number of halogens is 3. The molecule has 0 heterocycles. The Kier molecular flexibility index (Phi) is 5.68. The third-order valence-electron chi connectivity index (χ3n) is 1.57. The number of aliphatic hydroxyl groups excluding tert-OH is 1. The lowest BCUT2D eigenvalue weighted by Crippen LogP contribution is -2.14. The molecule has 0 aliphatic rings. The van der Waals surface area contributed by atoms with Crippen molar-refractivity contribution in [2.45, 2.75) is 6.04 Å². The van der Waals surface area contributed by atoms with E-state index in [1.165, 1.54) is 0 Å². The fourth-order valence-electron chi connectivity index (χ4n) is 0.848. The van der Waals surface area contributed by atoms with E-state index in [1.807, 2.05) is 0 Å². The molecule has 0 saturated carbocycles. The molecule has 0 aliphatic carbocycles. The second-order valence-electron chi connectivity index (χ2n) is 2.46. The highest BCUT2D eigenvalue weighted by Crippen LogP contribution is 2.24. The topological polar surface area (TPSA) is 46.2 Å². The van der Waals surface area contributed by atoms with E-state index in [9.17, 15) is 0 Å². The van der Waals surface area contributed by atoms with Gasteiger partial charge in [-0.1, -0.05) is 29.3 Å². The fraction of sp³-hybridized carbons (Fsp3) is 0.250. The molecular weight excluding hydrogens is 232 g/mol. The van der Waals surface area contributed by atoms with Crippen LogP contribution in [-0.2, 0) is 0 Å². The van der Waals surface area contributed by atoms with Crippen molar-refractivity contribution in [1.29, 1.82) is 0 Å². The van der Waals surface area contributed by atoms with Crippen LogP contribution in [0.1, 0.15) is 11.6 Å². The van der Waals surface area contributed by atoms with Gasteiger partial charge in [-0.15, -0.1) is 12.4 Å². The number of rotatable bonds is 2. The Morgan fingerprint density at radius 2 is 1.92 bits per heavy atom. The van der Waals surface area contributed by atoms with E-state index in [0.717, 1.165) is 5.56 Å². The monoisotopic (exact) mass is 241 g/mol. The molecule has 0 fully saturated rings. The minimum atomic E-state index is -0.389. The molecule has 1 aromatic rings. The zero-order valence-electron chi connectivity index (χ0n) is 6.71. The largest absolute Gasteiger partial charge is 0.394 e. The van der Waals surface area contributed by atoms with Crippen molar-refractivity contribution in [2.24, 2.45) is 5.73 Å². The summed E-state index contributed by atoms with van der Waals surface area (Å²) in [4.78, 5) is 0. The molecule has 0 radical (unpaired) electrons. The minimum absolute atomic E-state index is 0. The first-order chi connectivity index (χ1) is 5.65. The molecule has 2 nitrogen and oxygen atoms in total. The van der Waals surface area contributed by atoms with Crippen LogP contribution in [0.25, 0.3) is 0 Å². The van der Waals surface area contributed by atoms with Gasteiger partial charge in [-0.2, -0.15) is 0 Å². The van der Waals surface area contributed by atoms with Crippen LogP contribution in [-0.4, -0.2) is 11.7 Å².